The number of guanidine groups is 1. The molecule has 17 N–H and O–H groups in total. The van der Waals surface area contributed by atoms with Crippen LogP contribution in [0.3, 0.4) is 0 Å². The first-order valence-electron chi connectivity index (χ1n) is 32.6. The van der Waals surface area contributed by atoms with Crippen molar-refractivity contribution in [1.29, 1.82) is 0 Å². The minimum Gasteiger partial charge on any atom is -0.860 e. The number of rotatable bonds is 33. The number of H-pyrrole nitrogens is 2. The van der Waals surface area contributed by atoms with Gasteiger partial charge in [-0.25, -0.2) is 13.4 Å². The Kier molecular flexibility index (Phi) is 34.1. The number of nitrogens with zero attached hydrogens (tertiary/aromatic N) is 5. The van der Waals surface area contributed by atoms with Crippen LogP contribution in [0, 0.1) is 13.8 Å². The number of carbonyl (C=O) groups is 11. The van der Waals surface area contributed by atoms with Gasteiger partial charge in [0.05, 0.1) is 77.4 Å². The maximum atomic E-state index is 14.6. The van der Waals surface area contributed by atoms with Gasteiger partial charge in [-0.1, -0.05) is 20.8 Å². The van der Waals surface area contributed by atoms with Gasteiger partial charge in [0.25, 0.3) is 5.91 Å². The number of aliphatic carboxylic acids is 1. The van der Waals surface area contributed by atoms with E-state index < -0.39 is 169 Å². The van der Waals surface area contributed by atoms with Crippen LogP contribution >= 0.6 is 0 Å². The number of amides is 8. The standard InChI is InChI=1S/C64H91N17O18S.K.Pd/c1-8-35-30(2)40-25-45-54(34(6)83)32(4)42(73-45)23-41-31(3)36(56(76-41)37(22-53(89)99-7)57-55(62(94)69-18-20-100(96,97)98)33(5)43(77-57)24-44(35)72-40)21-49(84)80-59(91)39(13-9-10-16-65)78-61(93)48-15-12-19-81(48)63(95)47(29-82)79-60(92)46(26-52(87)88)75-51(86)28-71-58(90)38(74-50(85)27-66)14-11-17-70-64(67)68;;/h23-25,30-31,35-36,38-39,46-48,73,77,82H,8-22,26-29,65-66H2,1-7H3,(H,69,94)(H,71,90)(H,74,85)(H,75,86)(H,78,93)(H,79,92)(H,87,88)(H4,67,68,70)(H,80,84,91)(H,96,97,98);;/q;+1;+2/p-3/t30-,31+,35-,36+,38+,39+,46+,47+,48+;;/m1../s1. The Bertz CT molecular complexity index is 3990. The number of hydrogen-bond acceptors (Lipinski definition) is 23. The second-order valence-corrected chi connectivity index (χ2v) is 26.2. The van der Waals surface area contributed by atoms with E-state index in [1.807, 2.05) is 13.8 Å². The van der Waals surface area contributed by atoms with Crippen LogP contribution < -0.4 is 116 Å². The van der Waals surface area contributed by atoms with Crippen molar-refractivity contribution in [3.05, 3.63) is 68.8 Å². The number of Topliss-reactive ketones (excluding diaryl/α,β-unsaturated/α-hetero) is 1. The number of aryl methyl sites for hydroxylation is 2. The summed E-state index contributed by atoms with van der Waals surface area (Å²) in [5.74, 6) is -15.2. The molecule has 0 aliphatic carbocycles. The fourth-order valence-electron chi connectivity index (χ4n) is 12.5. The number of carboxylic acids is 1. The summed E-state index contributed by atoms with van der Waals surface area (Å²) >= 11 is 0. The molecule has 0 aromatic carbocycles. The number of carboxylic acid groups (broad SMARTS) is 1. The average Bonchev–Trinajstić information content (AvgIpc) is 1.61. The number of ether oxygens (including phenoxy) is 1. The van der Waals surface area contributed by atoms with Gasteiger partial charge in [-0.3, -0.25) is 62.9 Å². The topological polar surface area (TPSA) is 582 Å². The molecule has 6 rings (SSSR count). The minimum absolute atomic E-state index is 0. The number of unbranched alkanes of at least 4 members (excludes halogenated alkanes) is 1. The molecule has 102 heavy (non-hydrogen) atoms. The molecule has 38 heteroatoms. The molecule has 1 saturated heterocycles. The normalized spacial score (nSPS) is 17.6. The van der Waals surface area contributed by atoms with E-state index in [1.165, 1.54) is 6.92 Å². The second-order valence-electron chi connectivity index (χ2n) is 24.7. The second kappa shape index (κ2) is 40.0. The Morgan fingerprint density at radius 1 is 0.794 bits per heavy atom. The van der Waals surface area contributed by atoms with Crippen LogP contribution in [0.4, 0.5) is 0 Å². The van der Waals surface area contributed by atoms with E-state index >= 15 is 0 Å². The Balaban J connectivity index is 0.0000110. The number of ketones is 1. The van der Waals surface area contributed by atoms with Gasteiger partial charge in [-0.05, 0) is 114 Å². The van der Waals surface area contributed by atoms with Crippen LogP contribution in [0.2, 0.25) is 0 Å². The maximum Gasteiger partial charge on any atom is 2.00 e. The van der Waals surface area contributed by atoms with Gasteiger partial charge in [0.1, 0.15) is 24.2 Å². The Morgan fingerprint density at radius 2 is 1.42 bits per heavy atom. The zero-order valence-electron chi connectivity index (χ0n) is 58.0. The van der Waals surface area contributed by atoms with Gasteiger partial charge in [-0.2, -0.15) is 0 Å². The van der Waals surface area contributed by atoms with Gasteiger partial charge in [0.15, 0.2) is 11.7 Å². The molecule has 3 aliphatic heterocycles. The number of aliphatic hydroxyl groups is 1. The number of fused-ring (bicyclic) bond motifs is 8. The van der Waals surface area contributed by atoms with Crippen LogP contribution in [-0.4, -0.2) is 209 Å². The Morgan fingerprint density at radius 3 is 2.04 bits per heavy atom. The SMILES string of the molecule is CC[C@H]1c2cc3[nH]c(c(CC(=O)OC)c4nc(cc5[nH]c(cc(n2)[C@@H]1C)c(C(C)=O)c5C)[C@@H](C)[C@@H]4CC(=O)N=C([O-])[C@H](CCCCN)NC(=O)[C@@H]1CCCN1C(=O)[C@H](CO)NC(=O)[C@H](CC(=O)[O-])NC(=O)CNC(=O)[C@H](CCCN=C(N)N)NC(=O)CN)c(C(=O)NCCS(=O)(=O)[O-])c3C.[K+].[Pd+2]. The molecule has 0 saturated carbocycles. The van der Waals surface area contributed by atoms with Gasteiger partial charge < -0.3 is 99.1 Å². The molecule has 35 nitrogen and oxygen atoms in total. The number of esters is 1. The monoisotopic (exact) mass is 1560 g/mol. The summed E-state index contributed by atoms with van der Waals surface area (Å²) in [5, 5.41) is 50.8. The minimum atomic E-state index is -4.80. The van der Waals surface area contributed by atoms with Crippen molar-refractivity contribution in [2.75, 3.05) is 58.7 Å². The summed E-state index contributed by atoms with van der Waals surface area (Å²) < 4.78 is 40.4. The van der Waals surface area contributed by atoms with Crippen LogP contribution in [-0.2, 0) is 84.8 Å². The maximum absolute atomic E-state index is 14.6. The van der Waals surface area contributed by atoms with Gasteiger partial charge in [-0.15, -0.1) is 0 Å². The van der Waals surface area contributed by atoms with Crippen molar-refractivity contribution < 1.29 is 158 Å². The number of methoxy groups -OCH3 is 1. The first-order valence-corrected chi connectivity index (χ1v) is 34.2. The number of aliphatic imine (C=N–C) groups is 2. The Hall–Kier alpha value is -7.48. The van der Waals surface area contributed by atoms with Crippen LogP contribution in [0.15, 0.2) is 28.2 Å². The van der Waals surface area contributed by atoms with E-state index in [9.17, 15) is 81.0 Å². The third-order valence-corrected chi connectivity index (χ3v) is 18.4. The first-order chi connectivity index (χ1) is 47.2. The average molecular weight is 1560 g/mol. The predicted molar refractivity (Wildman–Crippen MR) is 357 cm³/mol. The quantitative estimate of drug-likeness (QED) is 0.00513. The number of likely N-dealkylation sites (tertiary alicyclic amines) is 1. The molecule has 3 aromatic rings. The number of carbonyl (C=O) groups excluding carboxylic acids is 11. The third kappa shape index (κ3) is 23.3. The molecular formula is C64H88KN17O18PdS. The molecule has 0 radical (unpaired) electrons. The van der Waals surface area contributed by atoms with E-state index in [1.54, 1.807) is 39.0 Å². The fourth-order valence-corrected chi connectivity index (χ4v) is 12.8. The molecule has 3 aliphatic rings. The van der Waals surface area contributed by atoms with E-state index in [-0.39, 0.29) is 176 Å². The summed E-state index contributed by atoms with van der Waals surface area (Å²) in [6.45, 7) is 7.55. The summed E-state index contributed by atoms with van der Waals surface area (Å²) in [6, 6.07) is -2.70. The van der Waals surface area contributed by atoms with Crippen LogP contribution in [0.25, 0.3) is 22.1 Å². The molecule has 3 aromatic heterocycles. The molecule has 6 heterocycles. The number of nitrogens with two attached hydrogens (primary N) is 4. The molecule has 8 bridgehead atoms. The first kappa shape index (κ1) is 86.9. The van der Waals surface area contributed by atoms with Crippen LogP contribution in [0.1, 0.15) is 176 Å². The number of hydrogen-bond donors (Lipinski definition) is 13. The van der Waals surface area contributed by atoms with Crippen molar-refractivity contribution in [1.82, 2.24) is 56.7 Å². The molecular weight excluding hydrogens is 1470 g/mol. The van der Waals surface area contributed by atoms with Crippen molar-refractivity contribution >= 4 is 109 Å². The summed E-state index contributed by atoms with van der Waals surface area (Å²) in [4.78, 5) is 174. The number of aromatic nitrogens is 4. The molecule has 0 unspecified atom stereocenters. The molecule has 8 amide bonds. The van der Waals surface area contributed by atoms with Crippen molar-refractivity contribution in [3.8, 4) is 0 Å². The number of aromatic amines is 2. The third-order valence-electron chi connectivity index (χ3n) is 17.7. The number of aliphatic hydroxyl groups excluding tert-OH is 1. The smallest absolute Gasteiger partial charge is 0.860 e. The largest absolute Gasteiger partial charge is 2.00 e. The molecule has 0 spiro atoms. The molecule has 9 atom stereocenters. The van der Waals surface area contributed by atoms with Crippen LogP contribution in [0.5, 0.6) is 0 Å². The molecule has 1 fully saturated rings. The van der Waals surface area contributed by atoms with E-state index in [0.29, 0.717) is 63.2 Å². The summed E-state index contributed by atoms with van der Waals surface area (Å²) in [5.41, 5.74) is 25.9. The zero-order chi connectivity index (χ0) is 74.0. The molecule has 554 valence electrons. The zero-order valence-corrected chi connectivity index (χ0v) is 63.5. The van der Waals surface area contributed by atoms with Crippen molar-refractivity contribution in [2.45, 2.75) is 166 Å². The van der Waals surface area contributed by atoms with Gasteiger partial charge in [0.2, 0.25) is 41.4 Å². The van der Waals surface area contributed by atoms with Crippen molar-refractivity contribution in [2.24, 2.45) is 32.9 Å². The predicted octanol–water partition coefficient (Wildman–Crippen LogP) is -6.69. The van der Waals surface area contributed by atoms with Crippen molar-refractivity contribution in [3.63, 3.8) is 0 Å². The van der Waals surface area contributed by atoms with Gasteiger partial charge >= 0.3 is 77.8 Å². The van der Waals surface area contributed by atoms with E-state index in [4.69, 9.17) is 37.6 Å². The van der Waals surface area contributed by atoms with E-state index in [0.717, 1.165) is 12.0 Å². The summed E-state index contributed by atoms with van der Waals surface area (Å²) in [6.07, 6.45) is -0.933. The number of nitrogens with one attached hydrogen (secondary N) is 8. The van der Waals surface area contributed by atoms with E-state index in [2.05, 4.69) is 51.9 Å². The fraction of sp³-hybridized carbons (Fsp3) is 0.547. The van der Waals surface area contributed by atoms with Gasteiger partial charge in [0, 0.05) is 101 Å². The summed E-state index contributed by atoms with van der Waals surface area (Å²) in [7, 11) is -3.67. The Labute approximate surface area is 644 Å².